The van der Waals surface area contributed by atoms with Crippen LogP contribution in [-0.4, -0.2) is 33.7 Å². The molecule has 2 aromatic carbocycles. The predicted molar refractivity (Wildman–Crippen MR) is 126 cm³/mol. The van der Waals surface area contributed by atoms with Crippen LogP contribution in [0.15, 0.2) is 60.7 Å². The quantitative estimate of drug-likeness (QED) is 0.514. The van der Waals surface area contributed by atoms with Crippen molar-refractivity contribution < 1.29 is 9.90 Å². The molecule has 4 nitrogen and oxygen atoms in total. The molecule has 167 valence electrons. The maximum Gasteiger partial charge on any atom is 0.244 e. The van der Waals surface area contributed by atoms with Gasteiger partial charge < -0.3 is 10.0 Å². The van der Waals surface area contributed by atoms with Crippen molar-refractivity contribution in [1.29, 1.82) is 0 Å². The number of carbonyl (C=O) groups is 1. The molecule has 0 spiro atoms. The first-order valence-electron chi connectivity index (χ1n) is 11.8. The van der Waals surface area contributed by atoms with Gasteiger partial charge in [-0.3, -0.25) is 10.1 Å². The van der Waals surface area contributed by atoms with Gasteiger partial charge in [-0.25, -0.2) is 0 Å². The van der Waals surface area contributed by atoms with E-state index in [-0.39, 0.29) is 5.91 Å². The van der Waals surface area contributed by atoms with Gasteiger partial charge in [-0.05, 0) is 36.8 Å². The fourth-order valence-corrected chi connectivity index (χ4v) is 4.52. The van der Waals surface area contributed by atoms with Crippen LogP contribution in [0.4, 0.5) is 0 Å². The lowest BCUT2D eigenvalue weighted by Gasteiger charge is -2.39. The van der Waals surface area contributed by atoms with Gasteiger partial charge in [-0.1, -0.05) is 100 Å². The molecule has 0 unspecified atom stereocenters. The van der Waals surface area contributed by atoms with Crippen LogP contribution in [0.3, 0.4) is 0 Å². The minimum Gasteiger partial charge on any atom is -0.391 e. The predicted octanol–water partition coefficient (Wildman–Crippen LogP) is 4.87. The molecule has 0 saturated carbocycles. The largest absolute Gasteiger partial charge is 0.391 e. The van der Waals surface area contributed by atoms with E-state index in [2.05, 4.69) is 31.3 Å². The number of aliphatic hydroxyl groups is 1. The molecule has 1 radical (unpaired) electrons. The molecule has 3 rings (SSSR count). The van der Waals surface area contributed by atoms with Crippen LogP contribution < -0.4 is 5.32 Å². The van der Waals surface area contributed by atoms with Crippen molar-refractivity contribution in [2.24, 2.45) is 0 Å². The Hall–Kier alpha value is -2.17. The van der Waals surface area contributed by atoms with Gasteiger partial charge in [-0.2, -0.15) is 0 Å². The Kier molecular flexibility index (Phi) is 8.68. The molecule has 2 atom stereocenters. The Labute approximate surface area is 187 Å². The third-order valence-corrected chi connectivity index (χ3v) is 6.32. The van der Waals surface area contributed by atoms with E-state index >= 15 is 0 Å². The Morgan fingerprint density at radius 1 is 0.968 bits per heavy atom. The summed E-state index contributed by atoms with van der Waals surface area (Å²) in [5.41, 5.74) is 1.86. The summed E-state index contributed by atoms with van der Waals surface area (Å²) in [6.07, 6.45) is 7.75. The number of rotatable bonds is 12. The monoisotopic (exact) mass is 421 g/mol. The van der Waals surface area contributed by atoms with E-state index in [0.717, 1.165) is 49.7 Å². The summed E-state index contributed by atoms with van der Waals surface area (Å²) in [7, 11) is 0. The fourth-order valence-electron chi connectivity index (χ4n) is 4.52. The number of carbonyl (C=O) groups excluding carboxylic acids is 1. The highest BCUT2D eigenvalue weighted by molar-refractivity contribution is 5.86. The lowest BCUT2D eigenvalue weighted by Crippen LogP contribution is -2.53. The van der Waals surface area contributed by atoms with Crippen molar-refractivity contribution in [1.82, 2.24) is 10.2 Å². The highest BCUT2D eigenvalue weighted by Gasteiger charge is 2.51. The van der Waals surface area contributed by atoms with Crippen LogP contribution in [-0.2, 0) is 17.8 Å². The first-order valence-corrected chi connectivity index (χ1v) is 11.8. The van der Waals surface area contributed by atoms with Crippen LogP contribution in [0.5, 0.6) is 0 Å². The zero-order valence-electron chi connectivity index (χ0n) is 19.0. The molecule has 1 fully saturated rings. The maximum absolute atomic E-state index is 13.6. The first kappa shape index (κ1) is 23.5. The molecule has 1 amide bonds. The third kappa shape index (κ3) is 5.96. The number of hydrogen-bond donors (Lipinski definition) is 2. The Morgan fingerprint density at radius 3 is 2.06 bits per heavy atom. The van der Waals surface area contributed by atoms with Crippen molar-refractivity contribution in [3.8, 4) is 0 Å². The van der Waals surface area contributed by atoms with E-state index in [1.807, 2.05) is 59.9 Å². The van der Waals surface area contributed by atoms with Gasteiger partial charge in [0.2, 0.25) is 5.91 Å². The number of unbranched alkanes of at least 4 members (excludes halogenated alkanes) is 2. The van der Waals surface area contributed by atoms with Gasteiger partial charge in [0, 0.05) is 6.54 Å². The van der Waals surface area contributed by atoms with Gasteiger partial charge in [-0.15, -0.1) is 0 Å². The second-order valence-electron chi connectivity index (χ2n) is 8.69. The molecule has 1 saturated heterocycles. The molecule has 31 heavy (non-hydrogen) atoms. The number of nitrogens with zero attached hydrogens (tertiary/aromatic N) is 1. The number of aliphatic hydroxyl groups excluding tert-OH is 1. The normalized spacial score (nSPS) is 19.0. The molecule has 2 aromatic rings. The average Bonchev–Trinajstić information content (AvgIpc) is 3.08. The van der Waals surface area contributed by atoms with Gasteiger partial charge in [0.25, 0.3) is 0 Å². The summed E-state index contributed by atoms with van der Waals surface area (Å²) in [4.78, 5) is 15.6. The molecule has 0 aromatic heterocycles. The van der Waals surface area contributed by atoms with Crippen molar-refractivity contribution in [2.45, 2.75) is 83.1 Å². The second kappa shape index (κ2) is 11.4. The highest BCUT2D eigenvalue weighted by Crippen LogP contribution is 2.35. The summed E-state index contributed by atoms with van der Waals surface area (Å²) in [5.74, 6) is 0.00729. The van der Waals surface area contributed by atoms with Crippen LogP contribution >= 0.6 is 0 Å². The van der Waals surface area contributed by atoms with Crippen LogP contribution in [0.2, 0.25) is 0 Å². The Morgan fingerprint density at radius 2 is 1.52 bits per heavy atom. The Bertz CT molecular complexity index is 785. The van der Waals surface area contributed by atoms with Crippen molar-refractivity contribution >= 4 is 5.91 Å². The molecule has 0 bridgehead atoms. The minimum absolute atomic E-state index is 0.00729. The van der Waals surface area contributed by atoms with Gasteiger partial charge in [0.15, 0.2) is 0 Å². The maximum atomic E-state index is 13.6. The van der Waals surface area contributed by atoms with Crippen molar-refractivity contribution in [3.63, 3.8) is 0 Å². The van der Waals surface area contributed by atoms with E-state index in [1.165, 1.54) is 0 Å². The molecule has 1 aliphatic rings. The molecule has 1 aliphatic heterocycles. The van der Waals surface area contributed by atoms with E-state index in [1.54, 1.807) is 0 Å². The Balaban J connectivity index is 1.81. The number of benzene rings is 2. The summed E-state index contributed by atoms with van der Waals surface area (Å²) < 4.78 is 0. The van der Waals surface area contributed by atoms with Crippen LogP contribution in [0.1, 0.15) is 63.5 Å². The summed E-state index contributed by atoms with van der Waals surface area (Å²) in [5, 5.41) is 14.6. The van der Waals surface area contributed by atoms with Crippen molar-refractivity contribution in [3.05, 3.63) is 78.2 Å². The van der Waals surface area contributed by atoms with Gasteiger partial charge >= 0.3 is 0 Å². The van der Waals surface area contributed by atoms with Crippen LogP contribution in [0.25, 0.3) is 0 Å². The SMILES string of the molecule is CCCCC1(CCCC)N[C@@H]([C@H](O)[CH]Cc2ccccc2)C(=O)N1Cc1ccccc1. The molecule has 1 heterocycles. The topological polar surface area (TPSA) is 52.6 Å². The number of amides is 1. The molecule has 0 aliphatic carbocycles. The molecule has 4 heteroatoms. The highest BCUT2D eigenvalue weighted by atomic mass is 16.3. The minimum atomic E-state index is -0.823. The average molecular weight is 422 g/mol. The lowest BCUT2D eigenvalue weighted by atomic mass is 9.94. The van der Waals surface area contributed by atoms with Gasteiger partial charge in [0.1, 0.15) is 6.04 Å². The lowest BCUT2D eigenvalue weighted by molar-refractivity contribution is -0.134. The smallest absolute Gasteiger partial charge is 0.244 e. The zero-order valence-corrected chi connectivity index (χ0v) is 19.0. The van der Waals surface area contributed by atoms with E-state index in [9.17, 15) is 9.90 Å². The van der Waals surface area contributed by atoms with E-state index < -0.39 is 17.8 Å². The van der Waals surface area contributed by atoms with Crippen LogP contribution in [0, 0.1) is 6.42 Å². The number of hydrogen-bond acceptors (Lipinski definition) is 3. The molecular weight excluding hydrogens is 384 g/mol. The molecule has 2 N–H and O–H groups in total. The second-order valence-corrected chi connectivity index (χ2v) is 8.69. The fraction of sp³-hybridized carbons (Fsp3) is 0.481. The summed E-state index contributed by atoms with van der Waals surface area (Å²) in [6, 6.07) is 19.6. The van der Waals surface area contributed by atoms with Gasteiger partial charge in [0.05, 0.1) is 11.8 Å². The van der Waals surface area contributed by atoms with Crippen molar-refractivity contribution in [2.75, 3.05) is 0 Å². The molecular formula is C27H37N2O2. The summed E-state index contributed by atoms with van der Waals surface area (Å²) >= 11 is 0. The first-order chi connectivity index (χ1) is 15.1. The van der Waals surface area contributed by atoms with E-state index in [4.69, 9.17) is 0 Å². The third-order valence-electron chi connectivity index (χ3n) is 6.32. The standard InChI is InChI=1S/C27H37N2O2/c1-3-5-19-27(20-6-4-2)28-25(24(30)18-17-22-13-9-7-10-14-22)26(31)29(27)21-23-15-11-8-12-16-23/h7-16,18,24-25,28,30H,3-6,17,19-21H2,1-2H3/t24-,25+/m1/s1. The number of nitrogens with one attached hydrogen (secondary N) is 1. The van der Waals surface area contributed by atoms with E-state index in [0.29, 0.717) is 13.0 Å². The zero-order chi connectivity index (χ0) is 22.1. The summed E-state index contributed by atoms with van der Waals surface area (Å²) in [6.45, 7) is 4.94.